The van der Waals surface area contributed by atoms with Crippen LogP contribution in [0.5, 0.6) is 11.5 Å². The Kier molecular flexibility index (Phi) is 6.42. The topological polar surface area (TPSA) is 67.9 Å². The molecule has 0 radical (unpaired) electrons. The first-order valence-electron chi connectivity index (χ1n) is 8.53. The third-order valence-electron chi connectivity index (χ3n) is 4.08. The van der Waals surface area contributed by atoms with Gasteiger partial charge in [-0.15, -0.1) is 0 Å². The second-order valence-electron chi connectivity index (χ2n) is 5.87. The molecule has 0 unspecified atom stereocenters. The van der Waals surface area contributed by atoms with Crippen molar-refractivity contribution in [3.63, 3.8) is 0 Å². The van der Waals surface area contributed by atoms with E-state index in [4.69, 9.17) is 44.9 Å². The molecule has 0 saturated carbocycles. The number of nitrogens with one attached hydrogen (secondary N) is 1. The standard InChI is InChI=1S/C20H16Cl2N2O4S/c1-3-28-17-9-11(14(22)10-16(17)27-2)8-12-18(25)23-20(29)24(19(12)26)15-7-5-4-6-13(15)21/h4-10H,3H2,1-2H3,(H,23,25,29)/b12-8+. The zero-order chi connectivity index (χ0) is 21.1. The lowest BCUT2D eigenvalue weighted by atomic mass is 10.1. The van der Waals surface area contributed by atoms with Crippen molar-refractivity contribution in [1.29, 1.82) is 0 Å². The van der Waals surface area contributed by atoms with E-state index >= 15 is 0 Å². The number of nitrogens with zero attached hydrogens (tertiary/aromatic N) is 1. The van der Waals surface area contributed by atoms with Crippen LogP contribution in [0.1, 0.15) is 12.5 Å². The maximum Gasteiger partial charge on any atom is 0.270 e. The molecule has 3 rings (SSSR count). The van der Waals surface area contributed by atoms with Crippen LogP contribution in [-0.2, 0) is 9.59 Å². The molecule has 6 nitrogen and oxygen atoms in total. The first-order chi connectivity index (χ1) is 13.9. The number of amides is 2. The van der Waals surface area contributed by atoms with E-state index in [0.717, 1.165) is 0 Å². The van der Waals surface area contributed by atoms with Crippen molar-refractivity contribution >= 4 is 64.1 Å². The molecule has 1 fully saturated rings. The van der Waals surface area contributed by atoms with E-state index in [9.17, 15) is 9.59 Å². The van der Waals surface area contributed by atoms with Gasteiger partial charge in [0.2, 0.25) is 0 Å². The Bertz CT molecular complexity index is 1040. The third-order valence-corrected chi connectivity index (χ3v) is 5.01. The molecule has 1 heterocycles. The summed E-state index contributed by atoms with van der Waals surface area (Å²) >= 11 is 17.7. The highest BCUT2D eigenvalue weighted by Crippen LogP contribution is 2.35. The van der Waals surface area contributed by atoms with Crippen molar-refractivity contribution in [2.75, 3.05) is 18.6 Å². The van der Waals surface area contributed by atoms with Crippen LogP contribution in [0.3, 0.4) is 0 Å². The van der Waals surface area contributed by atoms with Gasteiger partial charge in [0, 0.05) is 6.07 Å². The Labute approximate surface area is 183 Å². The van der Waals surface area contributed by atoms with Gasteiger partial charge in [0.15, 0.2) is 16.6 Å². The minimum absolute atomic E-state index is 0.0546. The van der Waals surface area contributed by atoms with Gasteiger partial charge in [-0.2, -0.15) is 0 Å². The molecule has 9 heteroatoms. The van der Waals surface area contributed by atoms with Crippen molar-refractivity contribution in [2.24, 2.45) is 0 Å². The number of para-hydroxylation sites is 1. The summed E-state index contributed by atoms with van der Waals surface area (Å²) in [5.74, 6) is -0.365. The molecule has 1 aliphatic rings. The van der Waals surface area contributed by atoms with E-state index in [1.165, 1.54) is 18.1 Å². The Morgan fingerprint density at radius 1 is 1.14 bits per heavy atom. The Morgan fingerprint density at radius 2 is 1.86 bits per heavy atom. The smallest absolute Gasteiger partial charge is 0.270 e. The molecule has 0 aromatic heterocycles. The van der Waals surface area contributed by atoms with Gasteiger partial charge in [-0.3, -0.25) is 19.8 Å². The van der Waals surface area contributed by atoms with Crippen LogP contribution in [0, 0.1) is 0 Å². The van der Waals surface area contributed by atoms with Gasteiger partial charge in [0.1, 0.15) is 5.57 Å². The molecule has 0 atom stereocenters. The number of rotatable bonds is 5. The van der Waals surface area contributed by atoms with Crippen molar-refractivity contribution < 1.29 is 19.1 Å². The minimum Gasteiger partial charge on any atom is -0.493 e. The summed E-state index contributed by atoms with van der Waals surface area (Å²) < 4.78 is 10.8. The van der Waals surface area contributed by atoms with Gasteiger partial charge in [0.25, 0.3) is 11.8 Å². The average Bonchev–Trinajstić information content (AvgIpc) is 2.68. The Balaban J connectivity index is 2.08. The lowest BCUT2D eigenvalue weighted by molar-refractivity contribution is -0.122. The lowest BCUT2D eigenvalue weighted by Gasteiger charge is -2.29. The second-order valence-corrected chi connectivity index (χ2v) is 7.07. The van der Waals surface area contributed by atoms with Crippen LogP contribution in [-0.4, -0.2) is 30.6 Å². The molecule has 1 saturated heterocycles. The third kappa shape index (κ3) is 4.22. The van der Waals surface area contributed by atoms with E-state index in [2.05, 4.69) is 5.32 Å². The molecule has 0 spiro atoms. The maximum absolute atomic E-state index is 13.1. The average molecular weight is 451 g/mol. The number of anilines is 1. The maximum atomic E-state index is 13.1. The summed E-state index contributed by atoms with van der Waals surface area (Å²) in [5.41, 5.74) is 0.639. The monoisotopic (exact) mass is 450 g/mol. The van der Waals surface area contributed by atoms with E-state index in [0.29, 0.717) is 34.4 Å². The normalized spacial score (nSPS) is 15.5. The number of thiocarbonyl (C=S) groups is 1. The molecule has 29 heavy (non-hydrogen) atoms. The van der Waals surface area contributed by atoms with Crippen LogP contribution < -0.4 is 19.7 Å². The highest BCUT2D eigenvalue weighted by molar-refractivity contribution is 7.80. The predicted molar refractivity (Wildman–Crippen MR) is 117 cm³/mol. The fraction of sp³-hybridized carbons (Fsp3) is 0.150. The van der Waals surface area contributed by atoms with Crippen molar-refractivity contribution in [3.05, 3.63) is 57.6 Å². The Morgan fingerprint density at radius 3 is 2.52 bits per heavy atom. The van der Waals surface area contributed by atoms with Crippen LogP contribution in [0.2, 0.25) is 10.0 Å². The molecule has 1 aliphatic heterocycles. The predicted octanol–water partition coefficient (Wildman–Crippen LogP) is 4.23. The molecule has 2 aromatic rings. The van der Waals surface area contributed by atoms with Gasteiger partial charge in [0.05, 0.1) is 29.4 Å². The van der Waals surface area contributed by atoms with Gasteiger partial charge < -0.3 is 9.47 Å². The van der Waals surface area contributed by atoms with Crippen molar-refractivity contribution in [1.82, 2.24) is 5.32 Å². The summed E-state index contributed by atoms with van der Waals surface area (Å²) in [6.07, 6.45) is 1.38. The van der Waals surface area contributed by atoms with E-state index in [-0.39, 0.29) is 15.7 Å². The quantitative estimate of drug-likeness (QED) is 0.419. The van der Waals surface area contributed by atoms with Gasteiger partial charge in [-0.25, -0.2) is 0 Å². The van der Waals surface area contributed by atoms with Crippen molar-refractivity contribution in [2.45, 2.75) is 6.92 Å². The fourth-order valence-electron chi connectivity index (χ4n) is 2.75. The number of methoxy groups -OCH3 is 1. The molecule has 2 aromatic carbocycles. The zero-order valence-electron chi connectivity index (χ0n) is 15.5. The Hall–Kier alpha value is -2.61. The first kappa shape index (κ1) is 21.1. The molecule has 0 aliphatic carbocycles. The number of benzene rings is 2. The van der Waals surface area contributed by atoms with Gasteiger partial charge in [-0.1, -0.05) is 35.3 Å². The molecule has 1 N–H and O–H groups in total. The summed E-state index contributed by atoms with van der Waals surface area (Å²) in [5, 5.41) is 3.06. The van der Waals surface area contributed by atoms with Gasteiger partial charge in [-0.05, 0) is 49.0 Å². The highest BCUT2D eigenvalue weighted by Gasteiger charge is 2.35. The SMILES string of the molecule is CCOc1cc(/C=C2\C(=O)NC(=S)N(c3ccccc3Cl)C2=O)c(Cl)cc1OC. The summed E-state index contributed by atoms with van der Waals surface area (Å²) in [6.45, 7) is 2.23. The highest BCUT2D eigenvalue weighted by atomic mass is 35.5. The van der Waals surface area contributed by atoms with Crippen LogP contribution in [0.15, 0.2) is 42.0 Å². The number of halogens is 2. The van der Waals surface area contributed by atoms with Gasteiger partial charge >= 0.3 is 0 Å². The minimum atomic E-state index is -0.631. The van der Waals surface area contributed by atoms with Crippen LogP contribution >= 0.6 is 35.4 Å². The molecule has 150 valence electrons. The zero-order valence-corrected chi connectivity index (χ0v) is 17.8. The number of carbonyl (C=O) groups excluding carboxylic acids is 2. The summed E-state index contributed by atoms with van der Waals surface area (Å²) in [4.78, 5) is 26.8. The van der Waals surface area contributed by atoms with Crippen LogP contribution in [0.4, 0.5) is 5.69 Å². The molecular formula is C20H16Cl2N2O4S. The number of hydrogen-bond donors (Lipinski definition) is 1. The molecule has 2 amide bonds. The number of carbonyl (C=O) groups is 2. The van der Waals surface area contributed by atoms with E-state index < -0.39 is 11.8 Å². The van der Waals surface area contributed by atoms with Crippen LogP contribution in [0.25, 0.3) is 6.08 Å². The lowest BCUT2D eigenvalue weighted by Crippen LogP contribution is -2.54. The summed E-state index contributed by atoms with van der Waals surface area (Å²) in [6, 6.07) is 9.86. The molecule has 0 bridgehead atoms. The number of ether oxygens (including phenoxy) is 2. The fourth-order valence-corrected chi connectivity index (χ4v) is 3.46. The van der Waals surface area contributed by atoms with Crippen molar-refractivity contribution in [3.8, 4) is 11.5 Å². The van der Waals surface area contributed by atoms with E-state index in [1.54, 1.807) is 36.4 Å². The molecular weight excluding hydrogens is 435 g/mol. The van der Waals surface area contributed by atoms with E-state index in [1.807, 2.05) is 6.92 Å². The second kappa shape index (κ2) is 8.82. The first-order valence-corrected chi connectivity index (χ1v) is 9.70. The summed E-state index contributed by atoms with van der Waals surface area (Å²) in [7, 11) is 1.49. The number of hydrogen-bond acceptors (Lipinski definition) is 5. The largest absolute Gasteiger partial charge is 0.493 e.